The van der Waals surface area contributed by atoms with Gasteiger partial charge in [-0.05, 0) is 80.9 Å². The number of carbonyl (C=O) groups is 1. The molecule has 5 aromatic rings. The Morgan fingerprint density at radius 2 is 1.82 bits per heavy atom. The molecule has 0 saturated heterocycles. The highest BCUT2D eigenvalue weighted by atomic mass is 32.2. The lowest BCUT2D eigenvalue weighted by Crippen LogP contribution is -2.35. The summed E-state index contributed by atoms with van der Waals surface area (Å²) in [5, 5.41) is 8.15. The lowest BCUT2D eigenvalue weighted by molar-refractivity contribution is -0.122. The van der Waals surface area contributed by atoms with Crippen molar-refractivity contribution < 1.29 is 17.9 Å². The number of fused-ring (bicyclic) bond motifs is 3. The fourth-order valence-electron chi connectivity index (χ4n) is 4.98. The number of rotatable bonds is 6. The Hall–Kier alpha value is -4.38. The highest BCUT2D eigenvalue weighted by Crippen LogP contribution is 2.43. The van der Waals surface area contributed by atoms with Crippen LogP contribution in [0.25, 0.3) is 33.5 Å². The molecule has 0 radical (unpaired) electrons. The Bertz CT molecular complexity index is 1840. The summed E-state index contributed by atoms with van der Waals surface area (Å²) >= 11 is 0. The maximum absolute atomic E-state index is 13.0. The van der Waals surface area contributed by atoms with Gasteiger partial charge >= 0.3 is 0 Å². The predicted octanol–water partition coefficient (Wildman–Crippen LogP) is 4.56. The number of sulfonamides is 1. The minimum Gasteiger partial charge on any atom is -0.497 e. The van der Waals surface area contributed by atoms with Crippen LogP contribution < -0.4 is 14.4 Å². The van der Waals surface area contributed by atoms with Gasteiger partial charge in [0.15, 0.2) is 5.82 Å². The number of aromatic nitrogens is 4. The molecule has 38 heavy (non-hydrogen) atoms. The Morgan fingerprint density at radius 3 is 2.53 bits per heavy atom. The smallest absolute Gasteiger partial charge is 0.261 e. The van der Waals surface area contributed by atoms with Gasteiger partial charge in [-0.3, -0.25) is 14.6 Å². The molecule has 2 aromatic heterocycles. The predicted molar refractivity (Wildman–Crippen MR) is 146 cm³/mol. The largest absolute Gasteiger partial charge is 0.497 e. The SMILES string of the molecule is CCN1C(=O)C(C)(C)c2cc3[nH]c(-c4n[nH]c5ccc(NS(=O)(=O)c6ccc(OC)cc6)cc45)nc3cc21. The van der Waals surface area contributed by atoms with Crippen LogP contribution in [-0.4, -0.2) is 48.1 Å². The van der Waals surface area contributed by atoms with Crippen LogP contribution in [0.15, 0.2) is 59.5 Å². The summed E-state index contributed by atoms with van der Waals surface area (Å²) in [6.07, 6.45) is 0. The number of imidazole rings is 1. The van der Waals surface area contributed by atoms with E-state index in [1.807, 2.05) is 32.9 Å². The third-order valence-electron chi connectivity index (χ3n) is 7.07. The number of anilines is 2. The van der Waals surface area contributed by atoms with Crippen molar-refractivity contribution in [3.8, 4) is 17.3 Å². The number of carbonyl (C=O) groups excluding carboxylic acids is 1. The van der Waals surface area contributed by atoms with Crippen molar-refractivity contribution in [2.24, 2.45) is 0 Å². The molecule has 1 aliphatic rings. The minimum atomic E-state index is -3.81. The van der Waals surface area contributed by atoms with Crippen molar-refractivity contribution in [1.29, 1.82) is 0 Å². The number of hydrogen-bond acceptors (Lipinski definition) is 6. The second-order valence-corrected chi connectivity index (χ2v) is 11.4. The lowest BCUT2D eigenvalue weighted by atomic mass is 9.86. The average Bonchev–Trinajstić information content (AvgIpc) is 3.55. The number of aromatic amines is 2. The third kappa shape index (κ3) is 3.61. The molecule has 0 fully saturated rings. The quantitative estimate of drug-likeness (QED) is 0.295. The van der Waals surface area contributed by atoms with Crippen molar-refractivity contribution in [3.05, 3.63) is 60.2 Å². The molecule has 0 aliphatic carbocycles. The molecule has 1 amide bonds. The molecule has 10 nitrogen and oxygen atoms in total. The second-order valence-electron chi connectivity index (χ2n) is 9.76. The Kier molecular flexibility index (Phi) is 5.25. The highest BCUT2D eigenvalue weighted by Gasteiger charge is 2.43. The van der Waals surface area contributed by atoms with Crippen molar-refractivity contribution in [2.45, 2.75) is 31.1 Å². The van der Waals surface area contributed by atoms with E-state index in [2.05, 4.69) is 19.9 Å². The summed E-state index contributed by atoms with van der Waals surface area (Å²) in [5.74, 6) is 1.19. The first-order chi connectivity index (χ1) is 18.1. The summed E-state index contributed by atoms with van der Waals surface area (Å²) in [5.41, 5.74) is 4.40. The number of likely N-dealkylation sites (N-methyl/N-ethyl adjacent to an activating group) is 1. The monoisotopic (exact) mass is 530 g/mol. The fraction of sp³-hybridized carbons (Fsp3) is 0.222. The van der Waals surface area contributed by atoms with Gasteiger partial charge < -0.3 is 14.6 Å². The molecule has 1 aliphatic heterocycles. The summed E-state index contributed by atoms with van der Waals surface area (Å²) in [4.78, 5) is 22.9. The molecule has 0 spiro atoms. The number of nitrogens with zero attached hydrogens (tertiary/aromatic N) is 3. The van der Waals surface area contributed by atoms with Crippen LogP contribution in [-0.2, 0) is 20.2 Å². The first kappa shape index (κ1) is 24.0. The number of benzene rings is 3. The molecule has 11 heteroatoms. The number of methoxy groups -OCH3 is 1. The van der Waals surface area contributed by atoms with Crippen LogP contribution >= 0.6 is 0 Å². The molecule has 194 valence electrons. The van der Waals surface area contributed by atoms with E-state index in [4.69, 9.17) is 9.72 Å². The van der Waals surface area contributed by atoms with Gasteiger partial charge in [0.1, 0.15) is 11.4 Å². The highest BCUT2D eigenvalue weighted by molar-refractivity contribution is 7.92. The van der Waals surface area contributed by atoms with Crippen LogP contribution in [0.1, 0.15) is 26.3 Å². The third-order valence-corrected chi connectivity index (χ3v) is 8.47. The molecule has 0 unspecified atom stereocenters. The lowest BCUT2D eigenvalue weighted by Gasteiger charge is -2.18. The number of H-pyrrole nitrogens is 2. The van der Waals surface area contributed by atoms with E-state index in [0.717, 1.165) is 27.8 Å². The van der Waals surface area contributed by atoms with Gasteiger partial charge in [0.25, 0.3) is 10.0 Å². The first-order valence-corrected chi connectivity index (χ1v) is 13.6. The molecule has 0 atom stereocenters. The Balaban J connectivity index is 1.38. The number of nitrogens with one attached hydrogen (secondary N) is 3. The molecule has 3 aromatic carbocycles. The normalized spacial score (nSPS) is 14.8. The first-order valence-electron chi connectivity index (χ1n) is 12.1. The molecule has 3 N–H and O–H groups in total. The van der Waals surface area contributed by atoms with Crippen LogP contribution in [0, 0.1) is 0 Å². The molecule has 0 bridgehead atoms. The van der Waals surface area contributed by atoms with Crippen LogP contribution in [0.5, 0.6) is 5.75 Å². The fourth-order valence-corrected chi connectivity index (χ4v) is 6.03. The van der Waals surface area contributed by atoms with Crippen molar-refractivity contribution in [2.75, 3.05) is 23.3 Å². The maximum Gasteiger partial charge on any atom is 0.261 e. The molecular formula is C27H26N6O4S. The van der Waals surface area contributed by atoms with Gasteiger partial charge in [0.05, 0.1) is 39.7 Å². The van der Waals surface area contributed by atoms with Gasteiger partial charge in [0, 0.05) is 17.6 Å². The number of ether oxygens (including phenoxy) is 1. The zero-order chi connectivity index (χ0) is 26.8. The summed E-state index contributed by atoms with van der Waals surface area (Å²) < 4.78 is 33.7. The van der Waals surface area contributed by atoms with E-state index in [1.165, 1.54) is 19.2 Å². The minimum absolute atomic E-state index is 0.0748. The van der Waals surface area contributed by atoms with Gasteiger partial charge in [-0.15, -0.1) is 0 Å². The zero-order valence-corrected chi connectivity index (χ0v) is 22.1. The van der Waals surface area contributed by atoms with E-state index in [-0.39, 0.29) is 10.8 Å². The topological polar surface area (TPSA) is 133 Å². The standard InChI is InChI=1S/C27H26N6O4S/c1-5-33-23-14-22-21(13-19(23)27(2,3)26(33)34)28-25(29-22)24-18-12-15(6-11-20(18)30-31-24)32-38(35,36)17-9-7-16(37-4)8-10-17/h6-14,32H,5H2,1-4H3,(H,28,29)(H,30,31). The van der Waals surface area contributed by atoms with Gasteiger partial charge in [-0.2, -0.15) is 5.10 Å². The van der Waals surface area contributed by atoms with Gasteiger partial charge in [-0.25, -0.2) is 13.4 Å². The summed E-state index contributed by atoms with van der Waals surface area (Å²) in [6, 6.07) is 15.3. The summed E-state index contributed by atoms with van der Waals surface area (Å²) in [6.45, 7) is 6.40. The molecule has 6 rings (SSSR count). The van der Waals surface area contributed by atoms with Crippen molar-refractivity contribution in [1.82, 2.24) is 20.2 Å². The van der Waals surface area contributed by atoms with Gasteiger partial charge in [-0.1, -0.05) is 0 Å². The summed E-state index contributed by atoms with van der Waals surface area (Å²) in [7, 11) is -2.29. The van der Waals surface area contributed by atoms with Crippen LogP contribution in [0.2, 0.25) is 0 Å². The van der Waals surface area contributed by atoms with Gasteiger partial charge in [0.2, 0.25) is 5.91 Å². The van der Waals surface area contributed by atoms with E-state index >= 15 is 0 Å². The van der Waals surface area contributed by atoms with E-state index < -0.39 is 15.4 Å². The van der Waals surface area contributed by atoms with E-state index in [1.54, 1.807) is 35.2 Å². The van der Waals surface area contributed by atoms with Crippen molar-refractivity contribution >= 4 is 49.2 Å². The molecule has 3 heterocycles. The average molecular weight is 531 g/mol. The second kappa shape index (κ2) is 8.32. The maximum atomic E-state index is 13.0. The van der Waals surface area contributed by atoms with E-state index in [9.17, 15) is 13.2 Å². The Morgan fingerprint density at radius 1 is 1.05 bits per heavy atom. The molecule has 0 saturated carbocycles. The van der Waals surface area contributed by atoms with Crippen LogP contribution in [0.3, 0.4) is 0 Å². The molecular weight excluding hydrogens is 504 g/mol. The zero-order valence-electron chi connectivity index (χ0n) is 21.3. The van der Waals surface area contributed by atoms with Crippen LogP contribution in [0.4, 0.5) is 11.4 Å². The van der Waals surface area contributed by atoms with E-state index in [0.29, 0.717) is 34.9 Å². The number of amides is 1. The Labute approximate surface area is 219 Å². The number of hydrogen-bond donors (Lipinski definition) is 3. The van der Waals surface area contributed by atoms with Crippen molar-refractivity contribution in [3.63, 3.8) is 0 Å².